The average Bonchev–Trinajstić information content (AvgIpc) is 3.00. The number of para-hydroxylation sites is 1. The number of aromatic amines is 1. The Kier molecular flexibility index (Phi) is 4.48. The minimum absolute atomic E-state index is 0.100. The van der Waals surface area contributed by atoms with Gasteiger partial charge < -0.3 is 15.2 Å². The molecule has 0 saturated heterocycles. The molecule has 0 bridgehead atoms. The lowest BCUT2D eigenvalue weighted by atomic mass is 10.2. The van der Waals surface area contributed by atoms with E-state index in [-0.39, 0.29) is 18.6 Å². The fourth-order valence-electron chi connectivity index (χ4n) is 2.56. The van der Waals surface area contributed by atoms with Gasteiger partial charge in [-0.05, 0) is 13.0 Å². The summed E-state index contributed by atoms with van der Waals surface area (Å²) in [6.45, 7) is 2.13. The summed E-state index contributed by atoms with van der Waals surface area (Å²) in [6.07, 6.45) is 0.267. The predicted molar refractivity (Wildman–Crippen MR) is 89.5 cm³/mol. The standard InChI is InChI=1S/C16H19N5O3/c1-10-12(7-8-22)14(23)21-16(18-10)19-15(20-21)17-9-11-5-3-4-6-13(11)24-2/h3-6,22H,7-9H2,1-2H3,(H2,17,18,19,20). The van der Waals surface area contributed by atoms with Crippen LogP contribution >= 0.6 is 0 Å². The molecule has 0 saturated carbocycles. The zero-order valence-electron chi connectivity index (χ0n) is 13.5. The third-order valence-corrected chi connectivity index (χ3v) is 3.80. The minimum atomic E-state index is -0.246. The zero-order chi connectivity index (χ0) is 17.1. The Morgan fingerprint density at radius 2 is 2.12 bits per heavy atom. The first-order valence-corrected chi connectivity index (χ1v) is 7.59. The van der Waals surface area contributed by atoms with E-state index >= 15 is 0 Å². The van der Waals surface area contributed by atoms with Crippen molar-refractivity contribution in [2.24, 2.45) is 0 Å². The van der Waals surface area contributed by atoms with Gasteiger partial charge in [-0.25, -0.2) is 4.98 Å². The van der Waals surface area contributed by atoms with Crippen LogP contribution in [0.15, 0.2) is 29.1 Å². The summed E-state index contributed by atoms with van der Waals surface area (Å²) < 4.78 is 6.59. The summed E-state index contributed by atoms with van der Waals surface area (Å²) in [5.41, 5.74) is 1.79. The minimum Gasteiger partial charge on any atom is -0.496 e. The van der Waals surface area contributed by atoms with Crippen molar-refractivity contribution in [2.75, 3.05) is 19.0 Å². The molecule has 0 atom stereocenters. The smallest absolute Gasteiger partial charge is 0.277 e. The number of aliphatic hydroxyl groups excluding tert-OH is 1. The molecular formula is C16H19N5O3. The quantitative estimate of drug-likeness (QED) is 0.620. The molecule has 0 amide bonds. The molecule has 2 heterocycles. The number of anilines is 1. The Bertz CT molecular complexity index is 916. The number of hydrogen-bond donors (Lipinski definition) is 3. The summed E-state index contributed by atoms with van der Waals surface area (Å²) in [5.74, 6) is 1.50. The number of fused-ring (bicyclic) bond motifs is 1. The second-order valence-electron chi connectivity index (χ2n) is 5.33. The van der Waals surface area contributed by atoms with Crippen molar-refractivity contribution in [1.29, 1.82) is 0 Å². The number of nitrogens with one attached hydrogen (secondary N) is 2. The zero-order valence-corrected chi connectivity index (χ0v) is 13.5. The maximum Gasteiger partial charge on any atom is 0.277 e. The van der Waals surface area contributed by atoms with Crippen molar-refractivity contribution in [1.82, 2.24) is 19.6 Å². The van der Waals surface area contributed by atoms with E-state index in [1.807, 2.05) is 24.3 Å². The molecule has 0 aliphatic rings. The Morgan fingerprint density at radius 1 is 1.33 bits per heavy atom. The molecule has 2 aromatic heterocycles. The van der Waals surface area contributed by atoms with Gasteiger partial charge in [0.1, 0.15) is 5.75 Å². The number of aryl methyl sites for hydroxylation is 1. The maximum atomic E-state index is 12.4. The van der Waals surface area contributed by atoms with E-state index in [2.05, 4.69) is 20.4 Å². The van der Waals surface area contributed by atoms with Gasteiger partial charge in [0, 0.05) is 30.7 Å². The molecular weight excluding hydrogens is 310 g/mol. The lowest BCUT2D eigenvalue weighted by Gasteiger charge is -2.08. The van der Waals surface area contributed by atoms with Gasteiger partial charge in [-0.15, -0.1) is 0 Å². The average molecular weight is 329 g/mol. The van der Waals surface area contributed by atoms with Crippen LogP contribution in [0.1, 0.15) is 16.8 Å². The van der Waals surface area contributed by atoms with Gasteiger partial charge in [0.05, 0.1) is 12.8 Å². The van der Waals surface area contributed by atoms with E-state index in [0.29, 0.717) is 29.5 Å². The molecule has 0 radical (unpaired) electrons. The van der Waals surface area contributed by atoms with Crippen LogP contribution in [0.4, 0.5) is 5.95 Å². The van der Waals surface area contributed by atoms with Crippen LogP contribution in [0.3, 0.4) is 0 Å². The normalized spacial score (nSPS) is 11.0. The van der Waals surface area contributed by atoms with Crippen LogP contribution in [-0.2, 0) is 13.0 Å². The molecule has 3 rings (SSSR count). The molecule has 8 heteroatoms. The van der Waals surface area contributed by atoms with Gasteiger partial charge in [-0.2, -0.15) is 9.50 Å². The van der Waals surface area contributed by atoms with Crippen LogP contribution in [0.25, 0.3) is 5.78 Å². The fourth-order valence-corrected chi connectivity index (χ4v) is 2.56. The third kappa shape index (κ3) is 2.95. The molecule has 3 aromatic rings. The van der Waals surface area contributed by atoms with E-state index in [1.165, 1.54) is 4.52 Å². The monoisotopic (exact) mass is 329 g/mol. The Labute approximate surface area is 138 Å². The number of nitrogens with zero attached hydrogens (tertiary/aromatic N) is 3. The van der Waals surface area contributed by atoms with Gasteiger partial charge >= 0.3 is 0 Å². The van der Waals surface area contributed by atoms with Crippen LogP contribution in [0.5, 0.6) is 5.75 Å². The molecule has 0 unspecified atom stereocenters. The lowest BCUT2D eigenvalue weighted by molar-refractivity contribution is 0.298. The van der Waals surface area contributed by atoms with Crippen LogP contribution in [0, 0.1) is 6.92 Å². The lowest BCUT2D eigenvalue weighted by Crippen LogP contribution is -2.22. The number of aromatic nitrogens is 4. The van der Waals surface area contributed by atoms with E-state index in [4.69, 9.17) is 9.84 Å². The van der Waals surface area contributed by atoms with Gasteiger partial charge in [-0.3, -0.25) is 9.89 Å². The molecule has 1 aromatic carbocycles. The number of rotatable bonds is 6. The van der Waals surface area contributed by atoms with Crippen molar-refractivity contribution < 1.29 is 9.84 Å². The first-order chi connectivity index (χ1) is 11.6. The van der Waals surface area contributed by atoms with Crippen LogP contribution in [0.2, 0.25) is 0 Å². The van der Waals surface area contributed by atoms with Crippen molar-refractivity contribution in [3.8, 4) is 5.75 Å². The molecule has 24 heavy (non-hydrogen) atoms. The first kappa shape index (κ1) is 16.0. The van der Waals surface area contributed by atoms with E-state index in [9.17, 15) is 4.79 Å². The summed E-state index contributed by atoms with van der Waals surface area (Å²) >= 11 is 0. The fraction of sp³-hybridized carbons (Fsp3) is 0.312. The SMILES string of the molecule is COc1ccccc1CNc1nc2nc(C)c(CCO)c(=O)n2[nH]1. The largest absolute Gasteiger partial charge is 0.496 e. The highest BCUT2D eigenvalue weighted by molar-refractivity contribution is 5.41. The molecule has 0 spiro atoms. The summed E-state index contributed by atoms with van der Waals surface area (Å²) in [4.78, 5) is 21.0. The van der Waals surface area contributed by atoms with Crippen molar-refractivity contribution >= 4 is 11.7 Å². The van der Waals surface area contributed by atoms with E-state index in [0.717, 1.165) is 11.3 Å². The predicted octanol–water partition coefficient (Wildman–Crippen LogP) is 0.882. The summed E-state index contributed by atoms with van der Waals surface area (Å²) in [5, 5.41) is 15.1. The molecule has 8 nitrogen and oxygen atoms in total. The topological polar surface area (TPSA) is 105 Å². The van der Waals surface area contributed by atoms with Crippen molar-refractivity contribution in [2.45, 2.75) is 19.9 Å². The summed E-state index contributed by atoms with van der Waals surface area (Å²) in [7, 11) is 1.62. The third-order valence-electron chi connectivity index (χ3n) is 3.80. The van der Waals surface area contributed by atoms with Gasteiger partial charge in [0.25, 0.3) is 11.3 Å². The van der Waals surface area contributed by atoms with E-state index in [1.54, 1.807) is 14.0 Å². The molecule has 0 aliphatic carbocycles. The number of hydrogen-bond acceptors (Lipinski definition) is 6. The highest BCUT2D eigenvalue weighted by Crippen LogP contribution is 2.18. The maximum absolute atomic E-state index is 12.4. The van der Waals surface area contributed by atoms with Crippen LogP contribution < -0.4 is 15.6 Å². The number of ether oxygens (including phenoxy) is 1. The number of H-pyrrole nitrogens is 1. The molecule has 0 aliphatic heterocycles. The Morgan fingerprint density at radius 3 is 2.88 bits per heavy atom. The molecule has 3 N–H and O–H groups in total. The first-order valence-electron chi connectivity index (χ1n) is 7.59. The van der Waals surface area contributed by atoms with Crippen molar-refractivity contribution in [3.05, 3.63) is 51.4 Å². The molecule has 126 valence electrons. The summed E-state index contributed by atoms with van der Waals surface area (Å²) in [6, 6.07) is 7.65. The number of benzene rings is 1. The molecule has 0 fully saturated rings. The van der Waals surface area contributed by atoms with Crippen molar-refractivity contribution in [3.63, 3.8) is 0 Å². The van der Waals surface area contributed by atoms with Gasteiger partial charge in [0.15, 0.2) is 0 Å². The Balaban J connectivity index is 1.88. The second kappa shape index (κ2) is 6.71. The Hall–Kier alpha value is -2.87. The second-order valence-corrected chi connectivity index (χ2v) is 5.33. The number of aliphatic hydroxyl groups is 1. The highest BCUT2D eigenvalue weighted by Gasteiger charge is 2.13. The van der Waals surface area contributed by atoms with Crippen LogP contribution in [-0.4, -0.2) is 38.4 Å². The van der Waals surface area contributed by atoms with Gasteiger partial charge in [0.2, 0.25) is 5.95 Å². The number of methoxy groups -OCH3 is 1. The van der Waals surface area contributed by atoms with E-state index < -0.39 is 0 Å². The van der Waals surface area contributed by atoms with Gasteiger partial charge in [-0.1, -0.05) is 18.2 Å². The highest BCUT2D eigenvalue weighted by atomic mass is 16.5.